The molecule has 0 aliphatic heterocycles. The fourth-order valence-corrected chi connectivity index (χ4v) is 4.13. The van der Waals surface area contributed by atoms with Crippen LogP contribution in [-0.2, 0) is 21.3 Å². The molecule has 1 N–H and O–H groups in total. The Morgan fingerprint density at radius 1 is 1.03 bits per heavy atom. The molecule has 168 valence electrons. The van der Waals surface area contributed by atoms with Gasteiger partial charge in [-0.15, -0.1) is 0 Å². The summed E-state index contributed by atoms with van der Waals surface area (Å²) in [7, 11) is -3.58. The molecule has 0 unspecified atom stereocenters. The van der Waals surface area contributed by atoms with Gasteiger partial charge in [-0.2, -0.15) is 0 Å². The number of nitrogens with one attached hydrogen (secondary N) is 1. The molecule has 2 aromatic carbocycles. The van der Waals surface area contributed by atoms with Crippen LogP contribution in [-0.4, -0.2) is 37.6 Å². The van der Waals surface area contributed by atoms with Crippen molar-refractivity contribution in [2.24, 2.45) is 0 Å². The standard InChI is InChI=1S/C23H23ClN2O5S/c1-15-12-19(16(2)26(15)13-17-8-4-6-10-20(17)24)22(27)14-31-23(28)18-9-5-7-11-21(18)25-32(3,29)30/h4-12,25H,13-14H2,1-3H3. The first-order chi connectivity index (χ1) is 15.1. The number of esters is 1. The molecular weight excluding hydrogens is 452 g/mol. The molecule has 1 heterocycles. The third-order valence-corrected chi connectivity index (χ3v) is 5.90. The van der Waals surface area contributed by atoms with Gasteiger partial charge in [-0.3, -0.25) is 9.52 Å². The summed E-state index contributed by atoms with van der Waals surface area (Å²) in [4.78, 5) is 25.3. The van der Waals surface area contributed by atoms with Crippen LogP contribution in [0.25, 0.3) is 0 Å². The molecule has 0 bridgehead atoms. The van der Waals surface area contributed by atoms with Gasteiger partial charge < -0.3 is 9.30 Å². The summed E-state index contributed by atoms with van der Waals surface area (Å²) in [6.07, 6.45) is 0.983. The average molecular weight is 475 g/mol. The van der Waals surface area contributed by atoms with Gasteiger partial charge in [0.2, 0.25) is 15.8 Å². The van der Waals surface area contributed by atoms with E-state index in [4.69, 9.17) is 16.3 Å². The van der Waals surface area contributed by atoms with Gasteiger partial charge >= 0.3 is 5.97 Å². The molecule has 9 heteroatoms. The Morgan fingerprint density at radius 2 is 1.69 bits per heavy atom. The number of hydrogen-bond donors (Lipinski definition) is 1. The van der Waals surface area contributed by atoms with E-state index in [1.807, 2.05) is 42.7 Å². The Kier molecular flexibility index (Phi) is 7.06. The highest BCUT2D eigenvalue weighted by atomic mass is 35.5. The summed E-state index contributed by atoms with van der Waals surface area (Å²) >= 11 is 6.26. The van der Waals surface area contributed by atoms with E-state index in [2.05, 4.69) is 4.72 Å². The minimum absolute atomic E-state index is 0.0231. The van der Waals surface area contributed by atoms with Crippen molar-refractivity contribution in [3.63, 3.8) is 0 Å². The molecule has 0 saturated heterocycles. The lowest BCUT2D eigenvalue weighted by Gasteiger charge is -2.12. The van der Waals surface area contributed by atoms with E-state index in [9.17, 15) is 18.0 Å². The Labute approximate surface area is 192 Å². The molecule has 0 radical (unpaired) electrons. The number of halogens is 1. The monoisotopic (exact) mass is 474 g/mol. The van der Waals surface area contributed by atoms with Gasteiger partial charge in [0, 0.05) is 28.5 Å². The maximum absolute atomic E-state index is 12.8. The molecule has 0 aliphatic carbocycles. The molecule has 3 aromatic rings. The van der Waals surface area contributed by atoms with E-state index in [-0.39, 0.29) is 17.0 Å². The molecule has 32 heavy (non-hydrogen) atoms. The fourth-order valence-electron chi connectivity index (χ4n) is 3.36. The van der Waals surface area contributed by atoms with Gasteiger partial charge in [0.05, 0.1) is 17.5 Å². The van der Waals surface area contributed by atoms with Crippen LogP contribution in [0.15, 0.2) is 54.6 Å². The van der Waals surface area contributed by atoms with E-state index in [0.717, 1.165) is 23.2 Å². The van der Waals surface area contributed by atoms with Crippen molar-refractivity contribution in [2.75, 3.05) is 17.6 Å². The van der Waals surface area contributed by atoms with Crippen molar-refractivity contribution >= 4 is 39.1 Å². The molecular formula is C23H23ClN2O5S. The number of hydrogen-bond acceptors (Lipinski definition) is 5. The zero-order chi connectivity index (χ0) is 23.5. The average Bonchev–Trinajstić information content (AvgIpc) is 3.01. The van der Waals surface area contributed by atoms with Crippen LogP contribution in [0.5, 0.6) is 0 Å². The molecule has 0 spiro atoms. The molecule has 0 atom stereocenters. The van der Waals surface area contributed by atoms with Gasteiger partial charge in [-0.1, -0.05) is 41.9 Å². The van der Waals surface area contributed by atoms with Gasteiger partial charge in [-0.05, 0) is 43.7 Å². The molecule has 3 rings (SSSR count). The third kappa shape index (κ3) is 5.57. The quantitative estimate of drug-likeness (QED) is 0.389. The minimum atomic E-state index is -3.58. The first-order valence-corrected chi connectivity index (χ1v) is 12.0. The molecule has 7 nitrogen and oxygen atoms in total. The predicted molar refractivity (Wildman–Crippen MR) is 124 cm³/mol. The highest BCUT2D eigenvalue weighted by Crippen LogP contribution is 2.22. The zero-order valence-corrected chi connectivity index (χ0v) is 19.5. The highest BCUT2D eigenvalue weighted by molar-refractivity contribution is 7.92. The van der Waals surface area contributed by atoms with Crippen LogP contribution in [0.1, 0.15) is 37.7 Å². The second-order valence-corrected chi connectivity index (χ2v) is 9.54. The summed E-state index contributed by atoms with van der Waals surface area (Å²) in [6, 6.07) is 15.3. The summed E-state index contributed by atoms with van der Waals surface area (Å²) < 4.78 is 32.5. The van der Waals surface area contributed by atoms with Crippen LogP contribution in [0, 0.1) is 13.8 Å². The minimum Gasteiger partial charge on any atom is -0.454 e. The smallest absolute Gasteiger partial charge is 0.340 e. The van der Waals surface area contributed by atoms with E-state index in [1.54, 1.807) is 18.2 Å². The number of benzene rings is 2. The normalized spacial score (nSPS) is 11.2. The SMILES string of the molecule is Cc1cc(C(=O)COC(=O)c2ccccc2NS(C)(=O)=O)c(C)n1Cc1ccccc1Cl. The van der Waals surface area contributed by atoms with Crippen LogP contribution >= 0.6 is 11.6 Å². The predicted octanol–water partition coefficient (Wildman–Crippen LogP) is 4.22. The maximum atomic E-state index is 12.8. The number of carbonyl (C=O) groups excluding carboxylic acids is 2. The number of ether oxygens (including phenoxy) is 1. The van der Waals surface area contributed by atoms with Crippen molar-refractivity contribution in [3.8, 4) is 0 Å². The van der Waals surface area contributed by atoms with Crippen LogP contribution in [0.4, 0.5) is 5.69 Å². The zero-order valence-electron chi connectivity index (χ0n) is 17.9. The molecule has 1 aromatic heterocycles. The maximum Gasteiger partial charge on any atom is 0.340 e. The Balaban J connectivity index is 1.74. The largest absolute Gasteiger partial charge is 0.454 e. The summed E-state index contributed by atoms with van der Waals surface area (Å²) in [5, 5.41) is 0.642. The van der Waals surface area contributed by atoms with E-state index in [0.29, 0.717) is 17.1 Å². The number of anilines is 1. The number of carbonyl (C=O) groups is 2. The second kappa shape index (κ2) is 9.58. The van der Waals surface area contributed by atoms with Crippen molar-refractivity contribution in [3.05, 3.63) is 87.7 Å². The summed E-state index contributed by atoms with van der Waals surface area (Å²) in [5.41, 5.74) is 3.10. The Hall–Kier alpha value is -3.10. The summed E-state index contributed by atoms with van der Waals surface area (Å²) in [6.45, 7) is 3.75. The first kappa shape index (κ1) is 23.6. The van der Waals surface area contributed by atoms with Gasteiger partial charge in [0.25, 0.3) is 0 Å². The number of rotatable bonds is 8. The van der Waals surface area contributed by atoms with Gasteiger partial charge in [0.15, 0.2) is 6.61 Å². The third-order valence-electron chi connectivity index (χ3n) is 4.94. The second-order valence-electron chi connectivity index (χ2n) is 7.38. The highest BCUT2D eigenvalue weighted by Gasteiger charge is 2.20. The van der Waals surface area contributed by atoms with Crippen molar-refractivity contribution in [2.45, 2.75) is 20.4 Å². The number of aryl methyl sites for hydroxylation is 1. The lowest BCUT2D eigenvalue weighted by molar-refractivity contribution is 0.0475. The number of aromatic nitrogens is 1. The molecule has 0 fully saturated rings. The number of sulfonamides is 1. The molecule has 0 saturated carbocycles. The number of para-hydroxylation sites is 1. The van der Waals surface area contributed by atoms with Crippen LogP contribution < -0.4 is 4.72 Å². The summed E-state index contributed by atoms with van der Waals surface area (Å²) in [5.74, 6) is -1.15. The van der Waals surface area contributed by atoms with Crippen LogP contribution in [0.3, 0.4) is 0 Å². The number of Topliss-reactive ketones (excluding diaryl/α,β-unsaturated/α-hetero) is 1. The Bertz CT molecular complexity index is 1280. The Morgan fingerprint density at radius 3 is 2.38 bits per heavy atom. The molecule has 0 aliphatic rings. The first-order valence-electron chi connectivity index (χ1n) is 9.74. The number of ketones is 1. The van der Waals surface area contributed by atoms with Gasteiger partial charge in [0.1, 0.15) is 0 Å². The van der Waals surface area contributed by atoms with E-state index < -0.39 is 22.6 Å². The van der Waals surface area contributed by atoms with Crippen molar-refractivity contribution in [1.82, 2.24) is 4.57 Å². The van der Waals surface area contributed by atoms with E-state index in [1.165, 1.54) is 12.1 Å². The van der Waals surface area contributed by atoms with Gasteiger partial charge in [-0.25, -0.2) is 13.2 Å². The molecule has 0 amide bonds. The lowest BCUT2D eigenvalue weighted by atomic mass is 10.1. The topological polar surface area (TPSA) is 94.5 Å². The fraction of sp³-hybridized carbons (Fsp3) is 0.217. The van der Waals surface area contributed by atoms with Crippen molar-refractivity contribution in [1.29, 1.82) is 0 Å². The van der Waals surface area contributed by atoms with E-state index >= 15 is 0 Å². The van der Waals surface area contributed by atoms with Crippen LogP contribution in [0.2, 0.25) is 5.02 Å². The lowest BCUT2D eigenvalue weighted by Crippen LogP contribution is -2.18. The van der Waals surface area contributed by atoms with Crippen molar-refractivity contribution < 1.29 is 22.7 Å². The number of nitrogens with zero attached hydrogens (tertiary/aromatic N) is 1.